The Bertz CT molecular complexity index is 553. The first-order chi connectivity index (χ1) is 9.27. The van der Waals surface area contributed by atoms with Crippen molar-refractivity contribution in [2.75, 3.05) is 0 Å². The van der Waals surface area contributed by atoms with Crippen molar-refractivity contribution in [1.82, 2.24) is 0 Å². The molecule has 1 nitrogen and oxygen atoms in total. The molecule has 0 aliphatic rings. The lowest BCUT2D eigenvalue weighted by atomic mass is 9.86. The highest BCUT2D eigenvalue weighted by molar-refractivity contribution is 7.12. The first-order valence-electron chi connectivity index (χ1n) is 7.12. The number of hydrogen-bond donors (Lipinski definition) is 1. The highest BCUT2D eigenvalue weighted by Crippen LogP contribution is 2.29. The van der Waals surface area contributed by atoms with Crippen molar-refractivity contribution >= 4 is 11.3 Å². The van der Waals surface area contributed by atoms with Crippen LogP contribution in [0, 0.1) is 13.8 Å². The lowest BCUT2D eigenvalue weighted by Crippen LogP contribution is -2.11. The maximum absolute atomic E-state index is 10.4. The van der Waals surface area contributed by atoms with Crippen LogP contribution in [-0.2, 0) is 11.8 Å². The summed E-state index contributed by atoms with van der Waals surface area (Å²) in [5.41, 5.74) is 3.97. The smallest absolute Gasteiger partial charge is 0.0922 e. The van der Waals surface area contributed by atoms with Crippen LogP contribution < -0.4 is 0 Å². The van der Waals surface area contributed by atoms with E-state index in [0.717, 1.165) is 4.88 Å². The third-order valence-corrected chi connectivity index (χ3v) is 5.02. The molecule has 1 aromatic heterocycles. The molecule has 1 N–H and O–H groups in total. The normalized spacial score (nSPS) is 13.5. The second kappa shape index (κ2) is 5.71. The van der Waals surface area contributed by atoms with Crippen LogP contribution in [0.3, 0.4) is 0 Å². The molecule has 0 spiro atoms. The van der Waals surface area contributed by atoms with Gasteiger partial charge in [-0.3, -0.25) is 0 Å². The van der Waals surface area contributed by atoms with Gasteiger partial charge in [0.05, 0.1) is 6.10 Å². The van der Waals surface area contributed by atoms with Gasteiger partial charge in [0, 0.05) is 16.2 Å². The van der Waals surface area contributed by atoms with E-state index >= 15 is 0 Å². The standard InChI is InChI=1S/C18H24OS/c1-12-10-17(20-13(12)2)16(19)11-14-6-8-15(9-7-14)18(3,4)5/h6-10,16,19H,11H2,1-5H3. The van der Waals surface area contributed by atoms with Crippen LogP contribution in [0.4, 0.5) is 0 Å². The Morgan fingerprint density at radius 3 is 2.15 bits per heavy atom. The molecule has 0 bridgehead atoms. The zero-order chi connectivity index (χ0) is 14.9. The number of thiophene rings is 1. The number of aliphatic hydroxyl groups excluding tert-OH is 1. The van der Waals surface area contributed by atoms with Gasteiger partial charge in [0.15, 0.2) is 0 Å². The fraction of sp³-hybridized carbons (Fsp3) is 0.444. The van der Waals surface area contributed by atoms with E-state index in [9.17, 15) is 5.11 Å². The summed E-state index contributed by atoms with van der Waals surface area (Å²) < 4.78 is 0. The van der Waals surface area contributed by atoms with E-state index < -0.39 is 6.10 Å². The fourth-order valence-corrected chi connectivity index (χ4v) is 3.26. The largest absolute Gasteiger partial charge is 0.387 e. The second-order valence-electron chi connectivity index (χ2n) is 6.55. The summed E-state index contributed by atoms with van der Waals surface area (Å²) in [6.45, 7) is 10.9. The second-order valence-corrected chi connectivity index (χ2v) is 7.84. The third kappa shape index (κ3) is 3.50. The first-order valence-corrected chi connectivity index (χ1v) is 7.93. The molecule has 108 valence electrons. The molecule has 2 heteroatoms. The van der Waals surface area contributed by atoms with E-state index in [2.05, 4.69) is 65.0 Å². The minimum absolute atomic E-state index is 0.180. The van der Waals surface area contributed by atoms with Crippen molar-refractivity contribution in [3.63, 3.8) is 0 Å². The van der Waals surface area contributed by atoms with Crippen molar-refractivity contribution in [1.29, 1.82) is 0 Å². The van der Waals surface area contributed by atoms with Crippen LogP contribution in [0.15, 0.2) is 30.3 Å². The van der Waals surface area contributed by atoms with Crippen LogP contribution in [0.5, 0.6) is 0 Å². The summed E-state index contributed by atoms with van der Waals surface area (Å²) in [4.78, 5) is 2.36. The van der Waals surface area contributed by atoms with Gasteiger partial charge in [0.1, 0.15) is 0 Å². The number of aryl methyl sites for hydroxylation is 2. The molecule has 20 heavy (non-hydrogen) atoms. The summed E-state index contributed by atoms with van der Waals surface area (Å²) in [5.74, 6) is 0. The molecule has 0 aliphatic heterocycles. The molecule has 1 aromatic carbocycles. The molecule has 0 saturated heterocycles. The first kappa shape index (κ1) is 15.3. The molecule has 1 unspecified atom stereocenters. The molecule has 1 atom stereocenters. The molecule has 2 aromatic rings. The minimum Gasteiger partial charge on any atom is -0.387 e. The van der Waals surface area contributed by atoms with Crippen molar-refractivity contribution < 1.29 is 5.11 Å². The van der Waals surface area contributed by atoms with Crippen LogP contribution >= 0.6 is 11.3 Å². The number of rotatable bonds is 3. The molecule has 2 rings (SSSR count). The van der Waals surface area contributed by atoms with Gasteiger partial charge >= 0.3 is 0 Å². The Labute approximate surface area is 126 Å². The number of aliphatic hydroxyl groups is 1. The Balaban J connectivity index is 2.10. The maximum atomic E-state index is 10.4. The Morgan fingerprint density at radius 1 is 1.10 bits per heavy atom. The summed E-state index contributed by atoms with van der Waals surface area (Å²) in [5, 5.41) is 10.4. The van der Waals surface area contributed by atoms with Crippen molar-refractivity contribution in [3.8, 4) is 0 Å². The van der Waals surface area contributed by atoms with Gasteiger partial charge in [-0.1, -0.05) is 45.0 Å². The van der Waals surface area contributed by atoms with Crippen LogP contribution in [0.25, 0.3) is 0 Å². The highest BCUT2D eigenvalue weighted by atomic mass is 32.1. The topological polar surface area (TPSA) is 20.2 Å². The van der Waals surface area contributed by atoms with E-state index in [-0.39, 0.29) is 5.41 Å². The molecular formula is C18H24OS. The third-order valence-electron chi connectivity index (χ3n) is 3.76. The molecule has 0 fully saturated rings. The Morgan fingerprint density at radius 2 is 1.70 bits per heavy atom. The quantitative estimate of drug-likeness (QED) is 0.848. The fourth-order valence-electron chi connectivity index (χ4n) is 2.23. The van der Waals surface area contributed by atoms with E-state index in [1.807, 2.05) is 0 Å². The summed E-state index contributed by atoms with van der Waals surface area (Å²) in [6.07, 6.45) is 0.289. The predicted octanol–water partition coefficient (Wildman–Crippen LogP) is 4.94. The van der Waals surface area contributed by atoms with Gasteiger partial charge in [-0.05, 0) is 42.0 Å². The lowest BCUT2D eigenvalue weighted by molar-refractivity contribution is 0.182. The average molecular weight is 288 g/mol. The van der Waals surface area contributed by atoms with E-state index in [1.165, 1.54) is 21.6 Å². The lowest BCUT2D eigenvalue weighted by Gasteiger charge is -2.19. The summed E-state index contributed by atoms with van der Waals surface area (Å²) in [7, 11) is 0. The van der Waals surface area contributed by atoms with Crippen LogP contribution in [0.2, 0.25) is 0 Å². The zero-order valence-electron chi connectivity index (χ0n) is 13.0. The van der Waals surface area contributed by atoms with E-state index in [1.54, 1.807) is 11.3 Å². The Hall–Kier alpha value is -1.12. The molecule has 0 amide bonds. The van der Waals surface area contributed by atoms with Crippen LogP contribution in [-0.4, -0.2) is 5.11 Å². The summed E-state index contributed by atoms with van der Waals surface area (Å²) in [6, 6.07) is 10.7. The van der Waals surface area contributed by atoms with Gasteiger partial charge in [-0.2, -0.15) is 0 Å². The minimum atomic E-state index is -0.395. The van der Waals surface area contributed by atoms with Crippen LogP contribution in [0.1, 0.15) is 53.3 Å². The maximum Gasteiger partial charge on any atom is 0.0922 e. The zero-order valence-corrected chi connectivity index (χ0v) is 13.8. The Kier molecular flexibility index (Phi) is 4.36. The molecule has 1 heterocycles. The van der Waals surface area contributed by atoms with Crippen molar-refractivity contribution in [2.24, 2.45) is 0 Å². The molecule has 0 aliphatic carbocycles. The van der Waals surface area contributed by atoms with Crippen molar-refractivity contribution in [2.45, 2.75) is 52.6 Å². The molecule has 0 saturated carbocycles. The van der Waals surface area contributed by atoms with Gasteiger partial charge < -0.3 is 5.11 Å². The van der Waals surface area contributed by atoms with E-state index in [4.69, 9.17) is 0 Å². The summed E-state index contributed by atoms with van der Waals surface area (Å²) >= 11 is 1.70. The number of benzene rings is 1. The van der Waals surface area contributed by atoms with Gasteiger partial charge in [0.25, 0.3) is 0 Å². The SMILES string of the molecule is Cc1cc(C(O)Cc2ccc(C(C)(C)C)cc2)sc1C. The monoisotopic (exact) mass is 288 g/mol. The molecule has 0 radical (unpaired) electrons. The average Bonchev–Trinajstić information content (AvgIpc) is 2.69. The van der Waals surface area contributed by atoms with Crippen molar-refractivity contribution in [3.05, 3.63) is 56.8 Å². The molecular weight excluding hydrogens is 264 g/mol. The van der Waals surface area contributed by atoms with Gasteiger partial charge in [0.2, 0.25) is 0 Å². The number of hydrogen-bond acceptors (Lipinski definition) is 2. The highest BCUT2D eigenvalue weighted by Gasteiger charge is 2.15. The van der Waals surface area contributed by atoms with Gasteiger partial charge in [-0.15, -0.1) is 11.3 Å². The predicted molar refractivity (Wildman–Crippen MR) is 87.6 cm³/mol. The van der Waals surface area contributed by atoms with Gasteiger partial charge in [-0.25, -0.2) is 0 Å². The van der Waals surface area contributed by atoms with E-state index in [0.29, 0.717) is 6.42 Å².